The van der Waals surface area contributed by atoms with Crippen molar-refractivity contribution in [1.29, 1.82) is 0 Å². The van der Waals surface area contributed by atoms with E-state index in [1.807, 2.05) is 13.4 Å². The molecule has 0 saturated carbocycles. The number of nitrogens with zero attached hydrogens (tertiary/aromatic N) is 2. The van der Waals surface area contributed by atoms with Crippen LogP contribution >= 0.6 is 0 Å². The van der Waals surface area contributed by atoms with E-state index in [1.165, 1.54) is 5.56 Å². The highest BCUT2D eigenvalue weighted by Crippen LogP contribution is 2.14. The second-order valence-electron chi connectivity index (χ2n) is 4.38. The van der Waals surface area contributed by atoms with Gasteiger partial charge in [-0.05, 0) is 26.0 Å². The molecule has 2 aromatic rings. The molecule has 1 heterocycles. The topological polar surface area (TPSA) is 29.9 Å². The Morgan fingerprint density at radius 3 is 2.76 bits per heavy atom. The van der Waals surface area contributed by atoms with Crippen molar-refractivity contribution in [2.24, 2.45) is 0 Å². The van der Waals surface area contributed by atoms with Gasteiger partial charge >= 0.3 is 0 Å². The predicted octanol–water partition coefficient (Wildman–Crippen LogP) is 2.41. The van der Waals surface area contributed by atoms with Crippen LogP contribution in [0.1, 0.15) is 24.2 Å². The van der Waals surface area contributed by atoms with Crippen molar-refractivity contribution in [3.63, 3.8) is 0 Å². The molecule has 0 amide bonds. The van der Waals surface area contributed by atoms with Crippen LogP contribution in [0.15, 0.2) is 42.9 Å². The third-order valence-electron chi connectivity index (χ3n) is 2.90. The quantitative estimate of drug-likeness (QED) is 0.853. The van der Waals surface area contributed by atoms with Crippen LogP contribution in [0.25, 0.3) is 0 Å². The van der Waals surface area contributed by atoms with Crippen molar-refractivity contribution in [2.45, 2.75) is 25.9 Å². The summed E-state index contributed by atoms with van der Waals surface area (Å²) in [4.78, 5) is 4.37. The zero-order chi connectivity index (χ0) is 12.1. The highest BCUT2D eigenvalue weighted by atomic mass is 15.1. The van der Waals surface area contributed by atoms with E-state index < -0.39 is 0 Å². The minimum atomic E-state index is 0.440. The molecule has 0 radical (unpaired) electrons. The van der Waals surface area contributed by atoms with Gasteiger partial charge in [0.2, 0.25) is 0 Å². The smallest absolute Gasteiger partial charge is 0.0952 e. The monoisotopic (exact) mass is 229 g/mol. The molecule has 1 unspecified atom stereocenters. The Morgan fingerprint density at radius 2 is 2.06 bits per heavy atom. The molecule has 0 bridgehead atoms. The zero-order valence-electron chi connectivity index (χ0n) is 10.4. The summed E-state index contributed by atoms with van der Waals surface area (Å²) in [5, 5.41) is 3.11. The van der Waals surface area contributed by atoms with Crippen molar-refractivity contribution >= 4 is 0 Å². The molecule has 0 aliphatic carbocycles. The zero-order valence-corrected chi connectivity index (χ0v) is 10.4. The highest BCUT2D eigenvalue weighted by molar-refractivity contribution is 5.15. The third kappa shape index (κ3) is 3.17. The van der Waals surface area contributed by atoms with Crippen LogP contribution in [0.5, 0.6) is 0 Å². The molecule has 2 rings (SSSR count). The highest BCUT2D eigenvalue weighted by Gasteiger charge is 2.06. The van der Waals surface area contributed by atoms with E-state index in [0.29, 0.717) is 6.04 Å². The molecule has 3 heteroatoms. The Kier molecular flexibility index (Phi) is 3.94. The lowest BCUT2D eigenvalue weighted by Crippen LogP contribution is -2.07. The maximum Gasteiger partial charge on any atom is 0.0952 e. The summed E-state index contributed by atoms with van der Waals surface area (Å²) in [5.41, 5.74) is 2.45. The van der Waals surface area contributed by atoms with E-state index in [1.54, 1.807) is 0 Å². The number of imidazole rings is 1. The van der Waals surface area contributed by atoms with Crippen molar-refractivity contribution in [2.75, 3.05) is 7.05 Å². The Bertz CT molecular complexity index is 448. The molecular weight excluding hydrogens is 210 g/mol. The summed E-state index contributed by atoms with van der Waals surface area (Å²) >= 11 is 0. The van der Waals surface area contributed by atoms with Crippen LogP contribution in [0.3, 0.4) is 0 Å². The lowest BCUT2D eigenvalue weighted by molar-refractivity contribution is 0.543. The number of nitrogens with one attached hydrogen (secondary N) is 1. The molecule has 90 valence electrons. The van der Waals surface area contributed by atoms with Gasteiger partial charge in [0.25, 0.3) is 0 Å². The fourth-order valence-electron chi connectivity index (χ4n) is 1.95. The van der Waals surface area contributed by atoms with Crippen LogP contribution in [-0.4, -0.2) is 16.6 Å². The summed E-state index contributed by atoms with van der Waals surface area (Å²) in [5.74, 6) is 0. The normalized spacial score (nSPS) is 12.6. The van der Waals surface area contributed by atoms with E-state index in [4.69, 9.17) is 0 Å². The Hall–Kier alpha value is -1.61. The standard InChI is InChI=1S/C14H19N3/c1-12(8-13-6-4-3-5-7-13)17-10-14(9-15-2)16-11-17/h3-7,10-12,15H,8-9H2,1-2H3. The predicted molar refractivity (Wildman–Crippen MR) is 69.8 cm³/mol. The molecule has 0 aliphatic heterocycles. The third-order valence-corrected chi connectivity index (χ3v) is 2.90. The molecule has 1 aromatic carbocycles. The van der Waals surface area contributed by atoms with Gasteiger partial charge in [0, 0.05) is 18.8 Å². The van der Waals surface area contributed by atoms with Gasteiger partial charge in [0.1, 0.15) is 0 Å². The van der Waals surface area contributed by atoms with E-state index in [-0.39, 0.29) is 0 Å². The molecule has 1 N–H and O–H groups in total. The molecule has 1 atom stereocenters. The van der Waals surface area contributed by atoms with E-state index in [2.05, 4.69) is 58.3 Å². The van der Waals surface area contributed by atoms with Crippen LogP contribution in [-0.2, 0) is 13.0 Å². The van der Waals surface area contributed by atoms with Gasteiger partial charge < -0.3 is 9.88 Å². The fraction of sp³-hybridized carbons (Fsp3) is 0.357. The van der Waals surface area contributed by atoms with Crippen LogP contribution in [0, 0.1) is 0 Å². The van der Waals surface area contributed by atoms with Gasteiger partial charge in [-0.3, -0.25) is 0 Å². The molecule has 17 heavy (non-hydrogen) atoms. The summed E-state index contributed by atoms with van der Waals surface area (Å²) in [6.07, 6.45) is 5.07. The maximum absolute atomic E-state index is 4.37. The van der Waals surface area contributed by atoms with Gasteiger partial charge in [-0.2, -0.15) is 0 Å². The second-order valence-corrected chi connectivity index (χ2v) is 4.38. The first-order valence-electron chi connectivity index (χ1n) is 6.00. The van der Waals surface area contributed by atoms with Gasteiger partial charge in [-0.25, -0.2) is 4.98 Å². The summed E-state index contributed by atoms with van der Waals surface area (Å²) in [6, 6.07) is 11.0. The van der Waals surface area contributed by atoms with Gasteiger partial charge in [0.05, 0.1) is 12.0 Å². The first-order valence-corrected chi connectivity index (χ1v) is 6.00. The second kappa shape index (κ2) is 5.64. The van der Waals surface area contributed by atoms with Gasteiger partial charge in [0.15, 0.2) is 0 Å². The maximum atomic E-state index is 4.37. The molecule has 3 nitrogen and oxygen atoms in total. The lowest BCUT2D eigenvalue weighted by Gasteiger charge is -2.12. The molecule has 1 aromatic heterocycles. The fourth-order valence-corrected chi connectivity index (χ4v) is 1.95. The van der Waals surface area contributed by atoms with Crippen molar-refractivity contribution in [1.82, 2.24) is 14.9 Å². The van der Waals surface area contributed by atoms with Crippen molar-refractivity contribution in [3.8, 4) is 0 Å². The van der Waals surface area contributed by atoms with Crippen molar-refractivity contribution < 1.29 is 0 Å². The van der Waals surface area contributed by atoms with Crippen LogP contribution < -0.4 is 5.32 Å². The van der Waals surface area contributed by atoms with Gasteiger partial charge in [-0.15, -0.1) is 0 Å². The molecule has 0 spiro atoms. The number of aromatic nitrogens is 2. The summed E-state index contributed by atoms with van der Waals surface area (Å²) in [7, 11) is 1.94. The summed E-state index contributed by atoms with van der Waals surface area (Å²) in [6.45, 7) is 3.04. The largest absolute Gasteiger partial charge is 0.334 e. The van der Waals surface area contributed by atoms with E-state index in [0.717, 1.165) is 18.7 Å². The van der Waals surface area contributed by atoms with E-state index >= 15 is 0 Å². The number of hydrogen-bond donors (Lipinski definition) is 1. The Morgan fingerprint density at radius 1 is 1.29 bits per heavy atom. The minimum Gasteiger partial charge on any atom is -0.334 e. The molecule has 0 fully saturated rings. The number of benzene rings is 1. The average Bonchev–Trinajstić information content (AvgIpc) is 2.79. The number of rotatable bonds is 5. The summed E-state index contributed by atoms with van der Waals surface area (Å²) < 4.78 is 2.18. The first-order chi connectivity index (χ1) is 8.29. The molecular formula is C14H19N3. The van der Waals surface area contributed by atoms with Crippen molar-refractivity contribution in [3.05, 3.63) is 54.1 Å². The number of hydrogen-bond acceptors (Lipinski definition) is 2. The minimum absolute atomic E-state index is 0.440. The van der Waals surface area contributed by atoms with E-state index in [9.17, 15) is 0 Å². The van der Waals surface area contributed by atoms with Gasteiger partial charge in [-0.1, -0.05) is 30.3 Å². The SMILES string of the molecule is CNCc1cn(C(C)Cc2ccccc2)cn1. The molecule has 0 aliphatic rings. The van der Waals surface area contributed by atoms with Crippen LogP contribution in [0.2, 0.25) is 0 Å². The molecule has 0 saturated heterocycles. The Balaban J connectivity index is 2.01. The Labute approximate surface area is 103 Å². The van der Waals surface area contributed by atoms with Crippen LogP contribution in [0.4, 0.5) is 0 Å². The first kappa shape index (κ1) is 11.9. The lowest BCUT2D eigenvalue weighted by atomic mass is 10.1. The average molecular weight is 229 g/mol.